The summed E-state index contributed by atoms with van der Waals surface area (Å²) in [6, 6.07) is 17.5. The van der Waals surface area contributed by atoms with Crippen molar-refractivity contribution >= 4 is 28.6 Å². The van der Waals surface area contributed by atoms with Crippen LogP contribution in [0.2, 0.25) is 0 Å². The zero-order chi connectivity index (χ0) is 22.0. The lowest BCUT2D eigenvalue weighted by molar-refractivity contribution is 0.0716. The first-order valence-electron chi connectivity index (χ1n) is 9.96. The highest BCUT2D eigenvalue weighted by Crippen LogP contribution is 2.37. The molecule has 6 nitrogen and oxygen atoms in total. The fourth-order valence-corrected chi connectivity index (χ4v) is 4.31. The Bertz CT molecular complexity index is 1090. The van der Waals surface area contributed by atoms with Gasteiger partial charge < -0.3 is 14.4 Å². The molecule has 1 amide bonds. The number of benzene rings is 2. The van der Waals surface area contributed by atoms with E-state index in [0.29, 0.717) is 22.8 Å². The quantitative estimate of drug-likeness (QED) is 0.557. The number of thiophene rings is 1. The van der Waals surface area contributed by atoms with E-state index in [0.717, 1.165) is 22.5 Å². The largest absolute Gasteiger partial charge is 0.493 e. The highest BCUT2D eigenvalue weighted by atomic mass is 32.1. The van der Waals surface area contributed by atoms with E-state index in [2.05, 4.69) is 29.2 Å². The summed E-state index contributed by atoms with van der Waals surface area (Å²) in [6.07, 6.45) is 0.619. The molecule has 1 atom stereocenters. The van der Waals surface area contributed by atoms with Crippen LogP contribution in [0.5, 0.6) is 11.5 Å². The average Bonchev–Trinajstić information content (AvgIpc) is 3.49. The molecule has 160 valence electrons. The van der Waals surface area contributed by atoms with Crippen LogP contribution in [0.4, 0.5) is 5.69 Å². The smallest absolute Gasteiger partial charge is 0.284 e. The molecular formula is C24H25N3O3S. The number of amides is 1. The Morgan fingerprint density at radius 2 is 1.81 bits per heavy atom. The second-order valence-electron chi connectivity index (χ2n) is 7.45. The molecule has 31 heavy (non-hydrogen) atoms. The van der Waals surface area contributed by atoms with Crippen LogP contribution in [-0.4, -0.2) is 44.9 Å². The number of carbonyl (C=O) groups excluding carboxylic acids is 1. The molecule has 0 N–H and O–H groups in total. The topological polar surface area (TPSA) is 54.4 Å². The number of carbonyl (C=O) groups is 1. The number of anilines is 1. The molecule has 7 heteroatoms. The third kappa shape index (κ3) is 4.14. The van der Waals surface area contributed by atoms with Crippen molar-refractivity contribution in [3.05, 3.63) is 76.0 Å². The van der Waals surface area contributed by atoms with Gasteiger partial charge in [0.05, 0.1) is 30.9 Å². The molecule has 1 unspecified atom stereocenters. The van der Waals surface area contributed by atoms with E-state index in [1.807, 2.05) is 49.8 Å². The van der Waals surface area contributed by atoms with Crippen LogP contribution in [0.3, 0.4) is 0 Å². The third-order valence-corrected chi connectivity index (χ3v) is 6.22. The van der Waals surface area contributed by atoms with E-state index in [9.17, 15) is 4.79 Å². The molecule has 0 saturated carbocycles. The summed E-state index contributed by atoms with van der Waals surface area (Å²) < 4.78 is 10.8. The maximum atomic E-state index is 13.2. The van der Waals surface area contributed by atoms with E-state index in [4.69, 9.17) is 14.6 Å². The second kappa shape index (κ2) is 8.81. The molecule has 2 heterocycles. The first-order chi connectivity index (χ1) is 15.0. The van der Waals surface area contributed by atoms with Crippen molar-refractivity contribution in [3.63, 3.8) is 0 Å². The SMILES string of the molecule is COc1ccc(C2=NN(C(=O)c3cccs3)C(c3ccc(N(C)C)cc3)C2)cc1OC. The minimum Gasteiger partial charge on any atom is -0.493 e. The van der Waals surface area contributed by atoms with Crippen molar-refractivity contribution < 1.29 is 14.3 Å². The number of methoxy groups -OCH3 is 2. The summed E-state index contributed by atoms with van der Waals surface area (Å²) in [6.45, 7) is 0. The normalized spacial score (nSPS) is 15.5. The Hall–Kier alpha value is -3.32. The predicted octanol–water partition coefficient (Wildman–Crippen LogP) is 4.82. The van der Waals surface area contributed by atoms with Gasteiger partial charge in [-0.3, -0.25) is 4.79 Å². The Balaban J connectivity index is 1.71. The van der Waals surface area contributed by atoms with Crippen molar-refractivity contribution in [2.75, 3.05) is 33.2 Å². The molecule has 0 radical (unpaired) electrons. The lowest BCUT2D eigenvalue weighted by Gasteiger charge is -2.22. The van der Waals surface area contributed by atoms with Crippen LogP contribution in [0.1, 0.15) is 33.3 Å². The van der Waals surface area contributed by atoms with Gasteiger partial charge in [-0.15, -0.1) is 11.3 Å². The van der Waals surface area contributed by atoms with Gasteiger partial charge in [0.15, 0.2) is 11.5 Å². The number of hydrogen-bond acceptors (Lipinski definition) is 6. The van der Waals surface area contributed by atoms with Crippen LogP contribution in [0, 0.1) is 0 Å². The highest BCUT2D eigenvalue weighted by Gasteiger charge is 2.34. The van der Waals surface area contributed by atoms with Crippen LogP contribution in [0.25, 0.3) is 0 Å². The maximum absolute atomic E-state index is 13.2. The molecule has 0 aliphatic carbocycles. The van der Waals surface area contributed by atoms with Gasteiger partial charge in [-0.25, -0.2) is 5.01 Å². The fourth-order valence-electron chi connectivity index (χ4n) is 3.66. The number of hydrazone groups is 1. The molecule has 3 aromatic rings. The standard InChI is InChI=1S/C24H25N3O3S/c1-26(2)18-10-7-16(8-11-18)20-15-19(17-9-12-21(29-3)22(14-17)30-4)25-27(20)24(28)23-6-5-13-31-23/h5-14,20H,15H2,1-4H3. The number of hydrogen-bond donors (Lipinski definition) is 0. The molecule has 0 saturated heterocycles. The average molecular weight is 436 g/mol. The summed E-state index contributed by atoms with van der Waals surface area (Å²) in [4.78, 5) is 16.0. The van der Waals surface area contributed by atoms with Crippen LogP contribution < -0.4 is 14.4 Å². The molecule has 1 aliphatic rings. The molecule has 0 bridgehead atoms. The number of rotatable bonds is 6. The second-order valence-corrected chi connectivity index (χ2v) is 8.40. The van der Waals surface area contributed by atoms with Crippen molar-refractivity contribution in [3.8, 4) is 11.5 Å². The van der Waals surface area contributed by atoms with Gasteiger partial charge in [0.2, 0.25) is 0 Å². The zero-order valence-corrected chi connectivity index (χ0v) is 18.8. The van der Waals surface area contributed by atoms with Crippen LogP contribution in [-0.2, 0) is 0 Å². The molecule has 0 spiro atoms. The number of nitrogens with zero attached hydrogens (tertiary/aromatic N) is 3. The van der Waals surface area contributed by atoms with Gasteiger partial charge in [-0.1, -0.05) is 18.2 Å². The molecule has 1 aliphatic heterocycles. The highest BCUT2D eigenvalue weighted by molar-refractivity contribution is 7.12. The Labute approximate surface area is 186 Å². The lowest BCUT2D eigenvalue weighted by atomic mass is 9.98. The van der Waals surface area contributed by atoms with Crippen LogP contribution >= 0.6 is 11.3 Å². The van der Waals surface area contributed by atoms with Gasteiger partial charge >= 0.3 is 0 Å². The van der Waals surface area contributed by atoms with Crippen molar-refractivity contribution in [1.29, 1.82) is 0 Å². The van der Waals surface area contributed by atoms with Crippen LogP contribution in [0.15, 0.2) is 65.1 Å². The van der Waals surface area contributed by atoms with Crippen molar-refractivity contribution in [2.24, 2.45) is 5.10 Å². The minimum atomic E-state index is -0.172. The summed E-state index contributed by atoms with van der Waals surface area (Å²) in [5.41, 5.74) is 3.91. The number of ether oxygens (including phenoxy) is 2. The maximum Gasteiger partial charge on any atom is 0.284 e. The molecule has 2 aromatic carbocycles. The Kier molecular flexibility index (Phi) is 5.95. The first kappa shape index (κ1) is 20.9. The zero-order valence-electron chi connectivity index (χ0n) is 18.0. The Morgan fingerprint density at radius 1 is 1.06 bits per heavy atom. The lowest BCUT2D eigenvalue weighted by Crippen LogP contribution is -2.26. The summed E-state index contributed by atoms with van der Waals surface area (Å²) in [5, 5.41) is 8.28. The summed E-state index contributed by atoms with van der Waals surface area (Å²) in [7, 11) is 7.24. The van der Waals surface area contributed by atoms with Gasteiger partial charge in [0.1, 0.15) is 0 Å². The Morgan fingerprint density at radius 3 is 2.42 bits per heavy atom. The first-order valence-corrected chi connectivity index (χ1v) is 10.8. The third-order valence-electron chi connectivity index (χ3n) is 5.36. The van der Waals surface area contributed by atoms with Gasteiger partial charge in [0, 0.05) is 31.8 Å². The predicted molar refractivity (Wildman–Crippen MR) is 125 cm³/mol. The van der Waals surface area contributed by atoms with E-state index in [-0.39, 0.29) is 11.9 Å². The molecule has 1 aromatic heterocycles. The van der Waals surface area contributed by atoms with Crippen molar-refractivity contribution in [2.45, 2.75) is 12.5 Å². The van der Waals surface area contributed by atoms with E-state index < -0.39 is 0 Å². The van der Waals surface area contributed by atoms with Gasteiger partial charge in [-0.05, 0) is 47.3 Å². The van der Waals surface area contributed by atoms with E-state index in [1.165, 1.54) is 11.3 Å². The summed E-state index contributed by atoms with van der Waals surface area (Å²) >= 11 is 1.43. The van der Waals surface area contributed by atoms with Gasteiger partial charge in [-0.2, -0.15) is 5.10 Å². The fraction of sp³-hybridized carbons (Fsp3) is 0.250. The van der Waals surface area contributed by atoms with E-state index in [1.54, 1.807) is 19.2 Å². The van der Waals surface area contributed by atoms with Crippen molar-refractivity contribution in [1.82, 2.24) is 5.01 Å². The molecule has 0 fully saturated rings. The molecular weight excluding hydrogens is 410 g/mol. The monoisotopic (exact) mass is 435 g/mol. The summed E-state index contributed by atoms with van der Waals surface area (Å²) in [5.74, 6) is 1.21. The molecule has 4 rings (SSSR count). The van der Waals surface area contributed by atoms with Gasteiger partial charge in [0.25, 0.3) is 5.91 Å². The minimum absolute atomic E-state index is 0.0906. The van der Waals surface area contributed by atoms with E-state index >= 15 is 0 Å².